The van der Waals surface area contributed by atoms with Gasteiger partial charge < -0.3 is 5.32 Å². The maximum absolute atomic E-state index is 11.5. The van der Waals surface area contributed by atoms with Crippen molar-refractivity contribution >= 4 is 34.6 Å². The van der Waals surface area contributed by atoms with Gasteiger partial charge in [0.25, 0.3) is 5.91 Å². The molecular weight excluding hydrogens is 226 g/mol. The van der Waals surface area contributed by atoms with Crippen LogP contribution in [-0.2, 0) is 4.79 Å². The molecule has 0 saturated carbocycles. The number of Topliss-reactive ketones (excluding diaryl/α,β-unsaturated/α-hetero) is 1. The molecule has 16 heavy (non-hydrogen) atoms. The van der Waals surface area contributed by atoms with Crippen molar-refractivity contribution in [2.75, 3.05) is 5.32 Å². The van der Waals surface area contributed by atoms with E-state index in [1.807, 2.05) is 0 Å². The van der Waals surface area contributed by atoms with E-state index in [2.05, 4.69) is 5.32 Å². The van der Waals surface area contributed by atoms with Crippen LogP contribution in [0.3, 0.4) is 0 Å². The molecule has 1 amide bonds. The molecule has 4 heteroatoms. The fraction of sp³-hybridized carbons (Fsp3) is 0.167. The molecule has 1 heterocycles. The summed E-state index contributed by atoms with van der Waals surface area (Å²) in [5, 5.41) is 3.07. The van der Waals surface area contributed by atoms with Crippen molar-refractivity contribution < 1.29 is 9.59 Å². The van der Waals surface area contributed by atoms with Gasteiger partial charge in [0.1, 0.15) is 0 Å². The molecule has 1 aromatic carbocycles. The quantitative estimate of drug-likeness (QED) is 0.601. The molecule has 0 atom stereocenters. The zero-order chi connectivity index (χ0) is 11.9. The van der Waals surface area contributed by atoms with E-state index in [9.17, 15) is 9.59 Å². The first-order valence-electron chi connectivity index (χ1n) is 4.87. The zero-order valence-electron chi connectivity index (χ0n) is 8.93. The highest BCUT2D eigenvalue weighted by Crippen LogP contribution is 2.35. The number of halogens is 1. The number of nitrogens with one attached hydrogen (secondary N) is 1. The third-order valence-corrected chi connectivity index (χ3v) is 2.87. The van der Waals surface area contributed by atoms with Crippen LogP contribution in [0.25, 0.3) is 5.57 Å². The molecule has 0 aliphatic carbocycles. The predicted octanol–water partition coefficient (Wildman–Crippen LogP) is 2.90. The molecule has 1 aliphatic heterocycles. The number of hydrogen-bond donors (Lipinski definition) is 1. The Kier molecular flexibility index (Phi) is 2.56. The van der Waals surface area contributed by atoms with Crippen molar-refractivity contribution in [3.63, 3.8) is 0 Å². The van der Waals surface area contributed by atoms with Crippen LogP contribution >= 0.6 is 11.6 Å². The minimum atomic E-state index is -0.158. The van der Waals surface area contributed by atoms with Crippen LogP contribution in [0, 0.1) is 0 Å². The number of anilines is 1. The standard InChI is InChI=1S/C12H10ClNO2/c1-3-7-9-4-8(6(2)15)10(13)5-11(9)14-12(7)16/h3-5H,1-2H3,(H,14,16)/b7-3+. The zero-order valence-corrected chi connectivity index (χ0v) is 9.68. The van der Waals surface area contributed by atoms with Crippen molar-refractivity contribution in [2.24, 2.45) is 0 Å². The molecule has 1 aliphatic rings. The lowest BCUT2D eigenvalue weighted by Gasteiger charge is -2.04. The molecule has 2 rings (SSSR count). The summed E-state index contributed by atoms with van der Waals surface area (Å²) in [5.74, 6) is -0.267. The Bertz CT molecular complexity index is 532. The Hall–Kier alpha value is -1.61. The van der Waals surface area contributed by atoms with E-state index in [-0.39, 0.29) is 11.7 Å². The fourth-order valence-electron chi connectivity index (χ4n) is 1.77. The van der Waals surface area contributed by atoms with Gasteiger partial charge >= 0.3 is 0 Å². The van der Waals surface area contributed by atoms with Gasteiger partial charge in [0.2, 0.25) is 0 Å². The topological polar surface area (TPSA) is 46.2 Å². The van der Waals surface area contributed by atoms with Gasteiger partial charge in [-0.3, -0.25) is 9.59 Å². The van der Waals surface area contributed by atoms with Crippen LogP contribution in [0.4, 0.5) is 5.69 Å². The van der Waals surface area contributed by atoms with Gasteiger partial charge in [-0.05, 0) is 26.0 Å². The van der Waals surface area contributed by atoms with Crippen LogP contribution in [0.1, 0.15) is 29.8 Å². The number of carbonyl (C=O) groups is 2. The highest BCUT2D eigenvalue weighted by molar-refractivity contribution is 6.36. The number of benzene rings is 1. The average molecular weight is 236 g/mol. The summed E-state index contributed by atoms with van der Waals surface area (Å²) in [6.07, 6.45) is 1.72. The number of carbonyl (C=O) groups excluding carboxylic acids is 2. The van der Waals surface area contributed by atoms with Crippen LogP contribution in [-0.4, -0.2) is 11.7 Å². The Balaban J connectivity index is 2.67. The molecule has 0 radical (unpaired) electrons. The van der Waals surface area contributed by atoms with Crippen molar-refractivity contribution in [2.45, 2.75) is 13.8 Å². The van der Waals surface area contributed by atoms with Crippen molar-refractivity contribution in [1.29, 1.82) is 0 Å². The van der Waals surface area contributed by atoms with E-state index in [1.165, 1.54) is 6.92 Å². The van der Waals surface area contributed by atoms with Crippen molar-refractivity contribution in [1.82, 2.24) is 0 Å². The second-order valence-corrected chi connectivity index (χ2v) is 4.00. The van der Waals surface area contributed by atoms with Gasteiger partial charge in [-0.15, -0.1) is 0 Å². The molecule has 1 aromatic rings. The summed E-state index contributed by atoms with van der Waals surface area (Å²) in [7, 11) is 0. The van der Waals surface area contributed by atoms with E-state index in [4.69, 9.17) is 11.6 Å². The van der Waals surface area contributed by atoms with E-state index < -0.39 is 0 Å². The van der Waals surface area contributed by atoms with E-state index in [0.29, 0.717) is 21.8 Å². The van der Waals surface area contributed by atoms with E-state index in [1.54, 1.807) is 25.1 Å². The largest absolute Gasteiger partial charge is 0.321 e. The van der Waals surface area contributed by atoms with Crippen LogP contribution in [0.5, 0.6) is 0 Å². The monoisotopic (exact) mass is 235 g/mol. The molecule has 0 bridgehead atoms. The summed E-state index contributed by atoms with van der Waals surface area (Å²) in [6, 6.07) is 3.27. The van der Waals surface area contributed by atoms with Crippen molar-refractivity contribution in [3.8, 4) is 0 Å². The molecular formula is C12H10ClNO2. The number of ketones is 1. The molecule has 0 saturated heterocycles. The molecule has 0 unspecified atom stereocenters. The maximum atomic E-state index is 11.5. The lowest BCUT2D eigenvalue weighted by molar-refractivity contribution is -0.110. The fourth-order valence-corrected chi connectivity index (χ4v) is 2.06. The number of rotatable bonds is 1. The van der Waals surface area contributed by atoms with Gasteiger partial charge in [-0.25, -0.2) is 0 Å². The maximum Gasteiger partial charge on any atom is 0.256 e. The minimum Gasteiger partial charge on any atom is -0.321 e. The predicted molar refractivity (Wildman–Crippen MR) is 63.7 cm³/mol. The second kappa shape index (κ2) is 3.76. The third kappa shape index (κ3) is 1.53. The second-order valence-electron chi connectivity index (χ2n) is 3.59. The summed E-state index contributed by atoms with van der Waals surface area (Å²) in [5.41, 5.74) is 2.42. The Morgan fingerprint density at radius 1 is 1.44 bits per heavy atom. The number of allylic oxidation sites excluding steroid dienone is 1. The highest BCUT2D eigenvalue weighted by atomic mass is 35.5. The molecule has 82 valence electrons. The van der Waals surface area contributed by atoms with E-state index >= 15 is 0 Å². The summed E-state index contributed by atoms with van der Waals surface area (Å²) in [6.45, 7) is 3.24. The summed E-state index contributed by atoms with van der Waals surface area (Å²) < 4.78 is 0. The SMILES string of the molecule is C/C=C1/C(=O)Nc2cc(Cl)c(C(C)=O)cc21. The minimum absolute atomic E-state index is 0.109. The first-order chi connectivity index (χ1) is 7.54. The molecule has 1 N–H and O–H groups in total. The van der Waals surface area contributed by atoms with Gasteiger partial charge in [0.05, 0.1) is 10.7 Å². The van der Waals surface area contributed by atoms with Gasteiger partial charge in [-0.2, -0.15) is 0 Å². The lowest BCUT2D eigenvalue weighted by Crippen LogP contribution is -2.03. The Morgan fingerprint density at radius 3 is 2.69 bits per heavy atom. The first-order valence-corrected chi connectivity index (χ1v) is 5.25. The summed E-state index contributed by atoms with van der Waals surface area (Å²) >= 11 is 5.95. The average Bonchev–Trinajstić information content (AvgIpc) is 2.50. The molecule has 0 aromatic heterocycles. The normalized spacial score (nSPS) is 16.2. The lowest BCUT2D eigenvalue weighted by atomic mass is 10.0. The van der Waals surface area contributed by atoms with Gasteiger partial charge in [0.15, 0.2) is 5.78 Å². The molecule has 3 nitrogen and oxygen atoms in total. The Morgan fingerprint density at radius 2 is 2.12 bits per heavy atom. The smallest absolute Gasteiger partial charge is 0.256 e. The van der Waals surface area contributed by atoms with Crippen LogP contribution in [0.2, 0.25) is 5.02 Å². The van der Waals surface area contributed by atoms with E-state index in [0.717, 1.165) is 5.56 Å². The van der Waals surface area contributed by atoms with Crippen LogP contribution < -0.4 is 5.32 Å². The molecule has 0 fully saturated rings. The number of fused-ring (bicyclic) bond motifs is 1. The van der Waals surface area contributed by atoms with Gasteiger partial charge in [0, 0.05) is 16.7 Å². The number of hydrogen-bond acceptors (Lipinski definition) is 2. The van der Waals surface area contributed by atoms with Gasteiger partial charge in [-0.1, -0.05) is 17.7 Å². The Labute approximate surface area is 98.1 Å². The highest BCUT2D eigenvalue weighted by Gasteiger charge is 2.25. The number of amides is 1. The third-order valence-electron chi connectivity index (χ3n) is 2.56. The van der Waals surface area contributed by atoms with Crippen LogP contribution in [0.15, 0.2) is 18.2 Å². The first kappa shape index (κ1) is 10.9. The summed E-state index contributed by atoms with van der Waals surface area (Å²) in [4.78, 5) is 22.9. The molecule has 0 spiro atoms. The van der Waals surface area contributed by atoms with Crippen molar-refractivity contribution in [3.05, 3.63) is 34.4 Å².